The van der Waals surface area contributed by atoms with Crippen LogP contribution in [0, 0.1) is 50.2 Å². The van der Waals surface area contributed by atoms with Crippen LogP contribution in [0.5, 0.6) is 0 Å². The minimum Gasteiger partial charge on any atom is -0.463 e. The maximum Gasteiger partial charge on any atom is 0.315 e. The highest BCUT2D eigenvalue weighted by atomic mass is 16.8. The number of esters is 2. The van der Waals surface area contributed by atoms with Crippen molar-refractivity contribution in [3.8, 4) is 0 Å². The van der Waals surface area contributed by atoms with Crippen molar-refractivity contribution in [2.24, 2.45) is 50.2 Å². The third kappa shape index (κ3) is 10.6. The Kier molecular flexibility index (Phi) is 18.1. The van der Waals surface area contributed by atoms with Crippen LogP contribution in [0.25, 0.3) is 0 Å². The molecule has 30 atom stereocenters. The van der Waals surface area contributed by atoms with Gasteiger partial charge in [0.25, 0.3) is 0 Å². The summed E-state index contributed by atoms with van der Waals surface area (Å²) in [6.45, 7) is 12.8. The molecule has 4 heterocycles. The summed E-state index contributed by atoms with van der Waals surface area (Å²) in [4.78, 5) is 28.1. The number of hydrogen-bond donors (Lipinski definition) is 14. The van der Waals surface area contributed by atoms with Crippen molar-refractivity contribution in [1.29, 1.82) is 0 Å². The van der Waals surface area contributed by atoms with E-state index in [4.69, 9.17) is 42.6 Å². The lowest BCUT2D eigenvalue weighted by molar-refractivity contribution is -0.387. The van der Waals surface area contributed by atoms with Gasteiger partial charge in [-0.25, -0.2) is 0 Å². The van der Waals surface area contributed by atoms with E-state index < -0.39 is 206 Å². The monoisotopic (exact) mass is 1160 g/mol. The zero-order chi connectivity index (χ0) is 59.4. The maximum atomic E-state index is 15.8. The van der Waals surface area contributed by atoms with Gasteiger partial charge in [-0.1, -0.05) is 53.2 Å². The van der Waals surface area contributed by atoms with E-state index in [-0.39, 0.29) is 23.7 Å². The Labute approximate surface area is 471 Å². The van der Waals surface area contributed by atoms with Crippen LogP contribution in [0.15, 0.2) is 11.6 Å². The largest absolute Gasteiger partial charge is 0.463 e. The van der Waals surface area contributed by atoms with Crippen LogP contribution in [0.2, 0.25) is 0 Å². The van der Waals surface area contributed by atoms with E-state index in [0.29, 0.717) is 51.4 Å². The molecule has 0 bridgehead atoms. The molecule has 0 aromatic heterocycles. The van der Waals surface area contributed by atoms with Crippen LogP contribution in [-0.4, -0.2) is 245 Å². The first-order valence-corrected chi connectivity index (χ1v) is 28.8. The highest BCUT2D eigenvalue weighted by Crippen LogP contribution is 2.76. The number of fused-ring (bicyclic) bond motifs is 7. The molecule has 464 valence electrons. The van der Waals surface area contributed by atoms with Gasteiger partial charge in [-0.3, -0.25) is 9.59 Å². The average molecular weight is 1160 g/mol. The fraction of sp³-hybridized carbons (Fsp3) is 0.929. The summed E-state index contributed by atoms with van der Waals surface area (Å²) in [5.41, 5.74) is -3.11. The van der Waals surface area contributed by atoms with Gasteiger partial charge in [-0.05, 0) is 104 Å². The van der Waals surface area contributed by atoms with E-state index >= 15 is 4.79 Å². The number of rotatable bonds is 13. The predicted molar refractivity (Wildman–Crippen MR) is 274 cm³/mol. The minimum atomic E-state index is -2.01. The Morgan fingerprint density at radius 1 is 0.593 bits per heavy atom. The lowest BCUT2D eigenvalue weighted by Crippen LogP contribution is -2.69. The summed E-state index contributed by atoms with van der Waals surface area (Å²) in [6.07, 6.45) is -30.0. The highest BCUT2D eigenvalue weighted by molar-refractivity contribution is 5.79. The molecule has 14 N–H and O–H groups in total. The van der Waals surface area contributed by atoms with E-state index in [1.807, 2.05) is 6.92 Å². The Hall–Kier alpha value is -2.16. The lowest BCUT2D eigenvalue weighted by atomic mass is 9.33. The number of carbonyl (C=O) groups is 2. The van der Waals surface area contributed by atoms with Crippen molar-refractivity contribution in [3.63, 3.8) is 0 Å². The molecule has 0 aromatic rings. The fourth-order valence-electron chi connectivity index (χ4n) is 16.8. The van der Waals surface area contributed by atoms with Gasteiger partial charge >= 0.3 is 11.9 Å². The van der Waals surface area contributed by atoms with Gasteiger partial charge in [0, 0.05) is 12.3 Å². The van der Waals surface area contributed by atoms with Gasteiger partial charge in [0.1, 0.15) is 92.1 Å². The molecule has 0 aromatic carbocycles. The lowest BCUT2D eigenvalue weighted by Gasteiger charge is -2.72. The van der Waals surface area contributed by atoms with Crippen LogP contribution in [0.1, 0.15) is 113 Å². The van der Waals surface area contributed by atoms with Gasteiger partial charge < -0.3 is 114 Å². The SMILES string of the molecule is CC(=O)OC[C@H]1O[C@@H](OC(=O)[C@]23CCC(C)(C)C[C@H]2C2=CC[C@@H]4[C@]5(C)C[C@H](O)[C@H](O[C@@H]6O[C@H](CO)[C@@H](O)[C@H](O)[C@H]6O)[C@@](C)(CO)[C@@H]5CC[C@@]4(C)[C@]2(C)CC3)[C@H](O[C@@H]2O[C@@H](C)[C@H](O)[C@@H](O)[C@H]2O)[C@@H](O[C@@H]2O[C@H](CO)[C@@H](O)[C@H](O)[C@H]2O)[C@@H]1O. The predicted octanol–water partition coefficient (Wildman–Crippen LogP) is -2.49. The van der Waals surface area contributed by atoms with Gasteiger partial charge in [0.2, 0.25) is 6.29 Å². The van der Waals surface area contributed by atoms with E-state index in [0.717, 1.165) is 12.5 Å². The first kappa shape index (κ1) is 63.3. The van der Waals surface area contributed by atoms with Crippen LogP contribution in [0.4, 0.5) is 0 Å². The molecule has 8 fully saturated rings. The normalized spacial score (nSPS) is 53.4. The van der Waals surface area contributed by atoms with Gasteiger partial charge in [-0.15, -0.1) is 0 Å². The maximum absolute atomic E-state index is 15.8. The van der Waals surface area contributed by atoms with E-state index in [2.05, 4.69) is 40.7 Å². The molecular formula is C56H90O25. The summed E-state index contributed by atoms with van der Waals surface area (Å²) in [5, 5.41) is 153. The van der Waals surface area contributed by atoms with Crippen molar-refractivity contribution < 1.29 is 124 Å². The zero-order valence-electron chi connectivity index (χ0n) is 47.5. The number of allylic oxidation sites excluding steroid dienone is 2. The minimum absolute atomic E-state index is 0.0725. The third-order valence-corrected chi connectivity index (χ3v) is 21.8. The fourth-order valence-corrected chi connectivity index (χ4v) is 16.8. The molecule has 9 rings (SSSR count). The van der Waals surface area contributed by atoms with Gasteiger partial charge in [0.15, 0.2) is 25.0 Å². The molecule has 25 nitrogen and oxygen atoms in total. The van der Waals surface area contributed by atoms with Crippen LogP contribution < -0.4 is 0 Å². The van der Waals surface area contributed by atoms with Gasteiger partial charge in [0.05, 0.1) is 43.5 Å². The van der Waals surface area contributed by atoms with Crippen LogP contribution in [0.3, 0.4) is 0 Å². The molecule has 81 heavy (non-hydrogen) atoms. The third-order valence-electron chi connectivity index (χ3n) is 21.8. The molecular weight excluding hydrogens is 1070 g/mol. The number of ether oxygens (including phenoxy) is 9. The molecule has 4 aliphatic heterocycles. The average Bonchev–Trinajstić information content (AvgIpc) is 3.46. The van der Waals surface area contributed by atoms with Crippen molar-refractivity contribution in [2.45, 2.75) is 248 Å². The first-order valence-electron chi connectivity index (χ1n) is 28.8. The Bertz CT molecular complexity index is 2270. The van der Waals surface area contributed by atoms with E-state index in [1.165, 1.54) is 6.92 Å². The summed E-state index contributed by atoms with van der Waals surface area (Å²) >= 11 is 0. The summed E-state index contributed by atoms with van der Waals surface area (Å²) in [6, 6.07) is 0. The summed E-state index contributed by atoms with van der Waals surface area (Å²) in [7, 11) is 0. The number of hydrogen-bond acceptors (Lipinski definition) is 25. The second kappa shape index (κ2) is 23.2. The van der Waals surface area contributed by atoms with Crippen molar-refractivity contribution in [2.75, 3.05) is 26.4 Å². The molecule has 0 spiro atoms. The molecule has 25 heteroatoms. The number of aliphatic hydroxyl groups excluding tert-OH is 14. The highest BCUT2D eigenvalue weighted by Gasteiger charge is 2.72. The second-order valence-corrected chi connectivity index (χ2v) is 26.9. The van der Waals surface area contributed by atoms with Crippen LogP contribution >= 0.6 is 0 Å². The Balaban J connectivity index is 1.05. The summed E-state index contributed by atoms with van der Waals surface area (Å²) in [5.74, 6) is -2.21. The molecule has 0 radical (unpaired) electrons. The van der Waals surface area contributed by atoms with Crippen molar-refractivity contribution in [1.82, 2.24) is 0 Å². The van der Waals surface area contributed by atoms with E-state index in [9.17, 15) is 76.3 Å². The zero-order valence-corrected chi connectivity index (χ0v) is 47.5. The first-order chi connectivity index (χ1) is 37.9. The Morgan fingerprint density at radius 2 is 1.14 bits per heavy atom. The second-order valence-electron chi connectivity index (χ2n) is 26.9. The topological polar surface area (TPSA) is 400 Å². The molecule has 5 aliphatic carbocycles. The molecule has 4 saturated carbocycles. The van der Waals surface area contributed by atoms with E-state index in [1.54, 1.807) is 0 Å². The van der Waals surface area contributed by atoms with Crippen molar-refractivity contribution >= 4 is 11.9 Å². The molecule has 0 unspecified atom stereocenters. The van der Waals surface area contributed by atoms with Crippen LogP contribution in [-0.2, 0) is 52.2 Å². The number of aliphatic hydroxyl groups is 14. The smallest absolute Gasteiger partial charge is 0.315 e. The number of carbonyl (C=O) groups excluding carboxylic acids is 2. The summed E-state index contributed by atoms with van der Waals surface area (Å²) < 4.78 is 54.3. The molecule has 0 amide bonds. The van der Waals surface area contributed by atoms with Crippen molar-refractivity contribution in [3.05, 3.63) is 11.6 Å². The van der Waals surface area contributed by atoms with Gasteiger partial charge in [-0.2, -0.15) is 0 Å². The molecule has 9 aliphatic rings. The quantitative estimate of drug-likeness (QED) is 0.0515. The standard InChI is InChI=1S/C56H90O25/c1-23-33(62)37(66)40(69)46(74-23)79-44-43(78-47-41(70)38(67)34(63)28(19-57)75-47)36(65)30(21-73-24(2)60)77-49(44)81-50(72)56-15-13-51(3,4)17-26(56)25-9-10-32-52(5)18-27(61)45(80-48-42(71)39(68)35(64)29(20-58)76-48)53(6,22-59)31(52)11-12-55(32,8)54(25,7)14-16-56/h9,23,26-49,57-59,61-71H,10-22H2,1-8H3/t23-,26-,27-,28+,29+,30+,31+,32+,33-,34+,35+,36+,37+,38-,39-,40+,41+,42+,43-,44+,45-,46-,47-,48-,49-,52+,53-,54+,55+,56-/m0/s1. The Morgan fingerprint density at radius 3 is 1.72 bits per heavy atom. The molecule has 4 saturated heterocycles.